The van der Waals surface area contributed by atoms with Gasteiger partial charge in [-0.3, -0.25) is 0 Å². The van der Waals surface area contributed by atoms with Crippen molar-refractivity contribution in [3.8, 4) is 0 Å². The van der Waals surface area contributed by atoms with Gasteiger partial charge in [0.25, 0.3) is 0 Å². The van der Waals surface area contributed by atoms with E-state index in [4.69, 9.17) is 4.43 Å². The maximum atomic E-state index is 5.41. The molecule has 0 radical (unpaired) electrons. The summed E-state index contributed by atoms with van der Waals surface area (Å²) in [5, 5.41) is 0. The highest BCUT2D eigenvalue weighted by molar-refractivity contribution is 9.09. The molecular formula is C20H29BrN2OSi. The van der Waals surface area contributed by atoms with Crippen LogP contribution in [0.1, 0.15) is 24.0 Å². The number of hydrogen-bond donors (Lipinski definition) is 0. The van der Waals surface area contributed by atoms with Crippen LogP contribution in [0.3, 0.4) is 0 Å². The molecule has 0 aromatic heterocycles. The third-order valence-electron chi connectivity index (χ3n) is 4.55. The van der Waals surface area contributed by atoms with Gasteiger partial charge in [-0.15, -0.1) is 0 Å². The monoisotopic (exact) mass is 420 g/mol. The second kappa shape index (κ2) is 8.88. The summed E-state index contributed by atoms with van der Waals surface area (Å²) in [4.78, 5) is 4.25. The molecule has 0 bridgehead atoms. The molecule has 0 unspecified atom stereocenters. The van der Waals surface area contributed by atoms with Gasteiger partial charge >= 0.3 is 0 Å². The van der Waals surface area contributed by atoms with Crippen LogP contribution in [0.15, 0.2) is 48.5 Å². The maximum Gasteiger partial charge on any atom is 0.145 e. The standard InChI is InChI=1S/C20H29BrN2OSi/c1-22(2)18-10-6-16(7-11-18)20(21,14-5-15-24-25)17-8-12-19(13-9-17)23(3)4/h6-13H,5,14-15H2,1-4,25H3. The zero-order valence-corrected chi connectivity index (χ0v) is 19.5. The summed E-state index contributed by atoms with van der Waals surface area (Å²) < 4.78 is 5.22. The summed E-state index contributed by atoms with van der Waals surface area (Å²) in [6, 6.07) is 17.6. The summed E-state index contributed by atoms with van der Waals surface area (Å²) in [5.41, 5.74) is 4.99. The van der Waals surface area contributed by atoms with E-state index < -0.39 is 0 Å². The highest BCUT2D eigenvalue weighted by Gasteiger charge is 2.30. The lowest BCUT2D eigenvalue weighted by Crippen LogP contribution is -2.21. The van der Waals surface area contributed by atoms with Crippen LogP contribution in [0.4, 0.5) is 11.4 Å². The van der Waals surface area contributed by atoms with Crippen LogP contribution in [0.25, 0.3) is 0 Å². The molecule has 136 valence electrons. The largest absolute Gasteiger partial charge is 0.428 e. The summed E-state index contributed by atoms with van der Waals surface area (Å²) in [5.74, 6) is 0. The number of nitrogens with zero attached hydrogens (tertiary/aromatic N) is 2. The SMILES string of the molecule is CN(C)c1ccc(C(Br)(CCCO[SiH3])c2ccc(N(C)C)cc2)cc1. The molecule has 25 heavy (non-hydrogen) atoms. The van der Waals surface area contributed by atoms with Crippen LogP contribution in [-0.2, 0) is 8.75 Å². The molecule has 0 spiro atoms. The molecule has 0 N–H and O–H groups in total. The van der Waals surface area contributed by atoms with Crippen molar-refractivity contribution in [2.45, 2.75) is 17.2 Å². The fourth-order valence-electron chi connectivity index (χ4n) is 2.96. The topological polar surface area (TPSA) is 15.7 Å². The zero-order valence-electron chi connectivity index (χ0n) is 15.9. The van der Waals surface area contributed by atoms with Crippen molar-refractivity contribution in [3.05, 3.63) is 59.7 Å². The molecular weight excluding hydrogens is 392 g/mol. The summed E-state index contributed by atoms with van der Waals surface area (Å²) >= 11 is 4.08. The molecule has 2 rings (SSSR count). The summed E-state index contributed by atoms with van der Waals surface area (Å²) in [6.45, 7) is 0.825. The third-order valence-corrected chi connectivity index (χ3v) is 6.27. The first-order valence-corrected chi connectivity index (χ1v) is 10.2. The minimum atomic E-state index is -0.192. The van der Waals surface area contributed by atoms with E-state index in [0.717, 1.165) is 29.9 Å². The molecule has 2 aromatic rings. The van der Waals surface area contributed by atoms with Gasteiger partial charge in [-0.25, -0.2) is 0 Å². The Kier molecular flexibility index (Phi) is 7.11. The third kappa shape index (κ3) is 4.87. The van der Waals surface area contributed by atoms with Crippen LogP contribution in [0.2, 0.25) is 0 Å². The summed E-state index contributed by atoms with van der Waals surface area (Å²) in [6.07, 6.45) is 2.03. The Labute approximate surface area is 163 Å². The maximum absolute atomic E-state index is 5.41. The Morgan fingerprint density at radius 1 is 0.840 bits per heavy atom. The van der Waals surface area contributed by atoms with Crippen LogP contribution < -0.4 is 9.80 Å². The van der Waals surface area contributed by atoms with Gasteiger partial charge in [0, 0.05) is 46.2 Å². The molecule has 3 nitrogen and oxygen atoms in total. The Morgan fingerprint density at radius 3 is 1.56 bits per heavy atom. The van der Waals surface area contributed by atoms with Gasteiger partial charge in [0.2, 0.25) is 0 Å². The average Bonchev–Trinajstić information content (AvgIpc) is 2.62. The minimum absolute atomic E-state index is 0.192. The first kappa shape index (κ1) is 20.0. The van der Waals surface area contributed by atoms with Gasteiger partial charge < -0.3 is 14.2 Å². The molecule has 0 atom stereocenters. The average molecular weight is 421 g/mol. The molecule has 2 aromatic carbocycles. The molecule has 0 aliphatic carbocycles. The quantitative estimate of drug-likeness (QED) is 0.369. The molecule has 0 aliphatic rings. The van der Waals surface area contributed by atoms with Crippen LogP contribution in [-0.4, -0.2) is 45.3 Å². The van der Waals surface area contributed by atoms with Crippen LogP contribution >= 0.6 is 15.9 Å². The number of alkyl halides is 1. The molecule has 0 saturated carbocycles. The summed E-state index contributed by atoms with van der Waals surface area (Å²) in [7, 11) is 9.07. The van der Waals surface area contributed by atoms with E-state index in [1.165, 1.54) is 22.5 Å². The van der Waals surface area contributed by atoms with Gasteiger partial charge in [-0.1, -0.05) is 40.2 Å². The number of halogens is 1. The van der Waals surface area contributed by atoms with Crippen molar-refractivity contribution in [1.82, 2.24) is 0 Å². The second-order valence-corrected chi connectivity index (χ2v) is 8.71. The van der Waals surface area contributed by atoms with Gasteiger partial charge in [0.1, 0.15) is 10.5 Å². The number of rotatable bonds is 8. The Hall–Kier alpha value is -1.30. The molecule has 0 saturated heterocycles. The van der Waals surface area contributed by atoms with E-state index in [0.29, 0.717) is 0 Å². The van der Waals surface area contributed by atoms with Crippen LogP contribution in [0.5, 0.6) is 0 Å². The highest BCUT2D eigenvalue weighted by Crippen LogP contribution is 2.43. The lowest BCUT2D eigenvalue weighted by atomic mass is 9.87. The van der Waals surface area contributed by atoms with Gasteiger partial charge in [-0.05, 0) is 48.2 Å². The van der Waals surface area contributed by atoms with Gasteiger partial charge in [0.05, 0.1) is 4.32 Å². The fourth-order valence-corrected chi connectivity index (χ4v) is 4.06. The van der Waals surface area contributed by atoms with Crippen molar-refractivity contribution < 1.29 is 4.43 Å². The van der Waals surface area contributed by atoms with Crippen molar-refractivity contribution in [3.63, 3.8) is 0 Å². The zero-order chi connectivity index (χ0) is 18.4. The smallest absolute Gasteiger partial charge is 0.145 e. The number of benzene rings is 2. The van der Waals surface area contributed by atoms with E-state index in [-0.39, 0.29) is 4.32 Å². The van der Waals surface area contributed by atoms with Crippen molar-refractivity contribution in [1.29, 1.82) is 0 Å². The fraction of sp³-hybridized carbons (Fsp3) is 0.400. The number of hydrogen-bond acceptors (Lipinski definition) is 3. The first-order valence-electron chi connectivity index (χ1n) is 8.62. The molecule has 0 amide bonds. The van der Waals surface area contributed by atoms with E-state index in [1.807, 2.05) is 0 Å². The molecule has 0 heterocycles. The van der Waals surface area contributed by atoms with Gasteiger partial charge in [-0.2, -0.15) is 0 Å². The van der Waals surface area contributed by atoms with Gasteiger partial charge in [0.15, 0.2) is 0 Å². The number of anilines is 2. The Balaban J connectivity index is 2.38. The predicted molar refractivity (Wildman–Crippen MR) is 116 cm³/mol. The van der Waals surface area contributed by atoms with E-state index in [1.54, 1.807) is 0 Å². The first-order chi connectivity index (χ1) is 11.9. The normalized spacial score (nSPS) is 11.6. The van der Waals surface area contributed by atoms with E-state index in [2.05, 4.69) is 102 Å². The molecule has 0 aliphatic heterocycles. The van der Waals surface area contributed by atoms with Crippen molar-refractivity contribution >= 4 is 37.8 Å². The van der Waals surface area contributed by atoms with Crippen molar-refractivity contribution in [2.75, 3.05) is 44.6 Å². The Morgan fingerprint density at radius 2 is 1.24 bits per heavy atom. The molecule has 0 fully saturated rings. The lowest BCUT2D eigenvalue weighted by molar-refractivity contribution is 0.330. The van der Waals surface area contributed by atoms with Crippen molar-refractivity contribution in [2.24, 2.45) is 0 Å². The Bertz CT molecular complexity index is 605. The highest BCUT2D eigenvalue weighted by atomic mass is 79.9. The minimum Gasteiger partial charge on any atom is -0.428 e. The lowest BCUT2D eigenvalue weighted by Gasteiger charge is -2.30. The molecule has 5 heteroatoms. The van der Waals surface area contributed by atoms with E-state index in [9.17, 15) is 0 Å². The second-order valence-electron chi connectivity index (χ2n) is 6.78. The van der Waals surface area contributed by atoms with E-state index >= 15 is 0 Å². The predicted octanol–water partition coefficient (Wildman–Crippen LogP) is 3.53. The van der Waals surface area contributed by atoms with Crippen LogP contribution in [0, 0.1) is 0 Å².